The van der Waals surface area contributed by atoms with Gasteiger partial charge in [0.25, 0.3) is 20.2 Å². The van der Waals surface area contributed by atoms with Crippen LogP contribution in [0.1, 0.15) is 12.5 Å². The predicted molar refractivity (Wildman–Crippen MR) is 90.9 cm³/mol. The van der Waals surface area contributed by atoms with Gasteiger partial charge in [0, 0.05) is 30.0 Å². The molecule has 1 heterocycles. The molecule has 0 spiro atoms. The second-order valence-corrected chi connectivity index (χ2v) is 9.02. The summed E-state index contributed by atoms with van der Waals surface area (Å²) >= 11 is 0. The first-order valence-electron chi connectivity index (χ1n) is 6.92. The largest absolute Gasteiger partial charge is 0.295 e. The van der Waals surface area contributed by atoms with Gasteiger partial charge in [0.2, 0.25) is 0 Å². The third-order valence-corrected chi connectivity index (χ3v) is 6.25. The van der Waals surface area contributed by atoms with E-state index in [0.717, 1.165) is 17.3 Å². The Bertz CT molecular complexity index is 1130. The highest BCUT2D eigenvalue weighted by Crippen LogP contribution is 2.44. The summed E-state index contributed by atoms with van der Waals surface area (Å²) in [6.07, 6.45) is 1.89. The van der Waals surface area contributed by atoms with Crippen LogP contribution in [0.15, 0.2) is 39.8 Å². The fourth-order valence-corrected chi connectivity index (χ4v) is 4.14. The fourth-order valence-electron chi connectivity index (χ4n) is 2.93. The van der Waals surface area contributed by atoms with Crippen LogP contribution in [0.3, 0.4) is 0 Å². The highest BCUT2D eigenvalue weighted by molar-refractivity contribution is 7.86. The van der Waals surface area contributed by atoms with Gasteiger partial charge in [-0.05, 0) is 17.5 Å². The van der Waals surface area contributed by atoms with Crippen molar-refractivity contribution in [3.63, 3.8) is 0 Å². The first-order chi connectivity index (χ1) is 10.8. The molecule has 0 aliphatic carbocycles. The molecule has 0 fully saturated rings. The molecule has 128 valence electrons. The van der Waals surface area contributed by atoms with Crippen molar-refractivity contribution in [2.45, 2.75) is 16.7 Å². The molecular weight excluding hydrogens is 354 g/mol. The van der Waals surface area contributed by atoms with E-state index in [2.05, 4.69) is 0 Å². The van der Waals surface area contributed by atoms with E-state index in [1.807, 2.05) is 27.1 Å². The molecule has 0 atom stereocenters. The smallest absolute Gasteiger partial charge is 0.282 e. The molecule has 0 radical (unpaired) electrons. The molecule has 2 aromatic rings. The molecule has 2 aromatic carbocycles. The van der Waals surface area contributed by atoms with E-state index in [-0.39, 0.29) is 5.39 Å². The molecule has 0 bridgehead atoms. The fraction of sp³-hybridized carbons (Fsp3) is 0.200. The van der Waals surface area contributed by atoms with E-state index in [1.165, 1.54) is 18.2 Å². The first kappa shape index (κ1) is 17.1. The Hall–Kier alpha value is -1.78. The van der Waals surface area contributed by atoms with Gasteiger partial charge in [0.1, 0.15) is 16.3 Å². The van der Waals surface area contributed by atoms with E-state index in [0.29, 0.717) is 15.6 Å². The second-order valence-electron chi connectivity index (χ2n) is 6.20. The van der Waals surface area contributed by atoms with E-state index in [1.54, 1.807) is 0 Å². The summed E-state index contributed by atoms with van der Waals surface area (Å²) in [5.74, 6) is 0. The van der Waals surface area contributed by atoms with E-state index in [4.69, 9.17) is 0 Å². The van der Waals surface area contributed by atoms with Gasteiger partial charge in [0.15, 0.2) is 0 Å². The maximum Gasteiger partial charge on any atom is 0.295 e. The third kappa shape index (κ3) is 2.45. The Morgan fingerprint density at radius 2 is 1.54 bits per heavy atom. The molecule has 0 unspecified atom stereocenters. The molecule has 1 aliphatic heterocycles. The highest BCUT2D eigenvalue weighted by Gasteiger charge is 2.35. The van der Waals surface area contributed by atoms with Crippen molar-refractivity contribution in [1.82, 2.24) is 4.48 Å². The topological polar surface area (TPSA) is 109 Å². The lowest BCUT2D eigenvalue weighted by Gasteiger charge is -2.26. The van der Waals surface area contributed by atoms with Crippen molar-refractivity contribution < 1.29 is 25.9 Å². The van der Waals surface area contributed by atoms with Crippen LogP contribution in [0.25, 0.3) is 16.8 Å². The van der Waals surface area contributed by atoms with Gasteiger partial charge < -0.3 is 0 Å². The lowest BCUT2D eigenvalue weighted by atomic mass is 10.0. The summed E-state index contributed by atoms with van der Waals surface area (Å²) in [6, 6.07) is 5.03. The van der Waals surface area contributed by atoms with Gasteiger partial charge in [-0.15, -0.1) is 0 Å². The van der Waals surface area contributed by atoms with Crippen LogP contribution < -0.4 is 4.48 Å². The molecule has 2 N–H and O–H groups in total. The lowest BCUT2D eigenvalue weighted by Crippen LogP contribution is -2.36. The quantitative estimate of drug-likeness (QED) is 0.620. The molecule has 0 saturated heterocycles. The number of allylic oxidation sites excluding steroid dienone is 1. The minimum Gasteiger partial charge on any atom is -0.282 e. The molecule has 7 nitrogen and oxygen atoms in total. The molecule has 9 heteroatoms. The van der Waals surface area contributed by atoms with Gasteiger partial charge in [-0.1, -0.05) is 6.07 Å². The zero-order valence-electron chi connectivity index (χ0n) is 13.2. The molecule has 0 amide bonds. The van der Waals surface area contributed by atoms with Crippen molar-refractivity contribution in [3.8, 4) is 0 Å². The van der Waals surface area contributed by atoms with Crippen molar-refractivity contribution >= 4 is 42.8 Å². The Labute approximate surface area is 139 Å². The lowest BCUT2D eigenvalue weighted by molar-refractivity contribution is 0.479. The zero-order chi connectivity index (χ0) is 18.1. The average molecular weight is 370 g/mol. The summed E-state index contributed by atoms with van der Waals surface area (Å²) in [5.41, 5.74) is 2.38. The van der Waals surface area contributed by atoms with Crippen molar-refractivity contribution in [2.75, 3.05) is 14.1 Å². The molecule has 3 rings (SSSR count). The maximum atomic E-state index is 11.8. The molecular formula is C15H16NO6S2+. The van der Waals surface area contributed by atoms with Crippen molar-refractivity contribution in [1.29, 1.82) is 0 Å². The Morgan fingerprint density at radius 3 is 2.08 bits per heavy atom. The van der Waals surface area contributed by atoms with Crippen LogP contribution in [0, 0.1) is 0 Å². The zero-order valence-corrected chi connectivity index (χ0v) is 14.8. The Kier molecular flexibility index (Phi) is 3.46. The van der Waals surface area contributed by atoms with Gasteiger partial charge in [-0.3, -0.25) is 13.6 Å². The summed E-state index contributed by atoms with van der Waals surface area (Å²) < 4.78 is 65.5. The minimum atomic E-state index is -4.59. The first-order valence-corrected chi connectivity index (χ1v) is 9.80. The van der Waals surface area contributed by atoms with Crippen molar-refractivity contribution in [2.24, 2.45) is 0 Å². The SMILES string of the molecule is CC1=Cc2c(cc(S(=O)(=O)O)c3cc(S(=O)(=O)O)ccc23)[N+]1(C)C. The summed E-state index contributed by atoms with van der Waals surface area (Å²) in [4.78, 5) is -0.830. The average Bonchev–Trinajstić information content (AvgIpc) is 2.66. The van der Waals surface area contributed by atoms with Crippen LogP contribution in [0.5, 0.6) is 0 Å². The van der Waals surface area contributed by atoms with Gasteiger partial charge in [0.05, 0.1) is 19.0 Å². The van der Waals surface area contributed by atoms with Crippen LogP contribution in [0.4, 0.5) is 5.69 Å². The highest BCUT2D eigenvalue weighted by atomic mass is 32.2. The Balaban J connectivity index is 2.54. The summed E-state index contributed by atoms with van der Waals surface area (Å²) in [5, 5.41) is 0.521. The maximum absolute atomic E-state index is 11.8. The molecule has 0 saturated carbocycles. The summed E-state index contributed by atoms with van der Waals surface area (Å²) in [6.45, 7) is 1.89. The van der Waals surface area contributed by atoms with Crippen molar-refractivity contribution in [3.05, 3.63) is 35.5 Å². The monoisotopic (exact) mass is 370 g/mol. The Morgan fingerprint density at radius 1 is 0.917 bits per heavy atom. The number of hydrogen-bond acceptors (Lipinski definition) is 4. The number of nitrogens with zero attached hydrogens (tertiary/aromatic N) is 1. The minimum absolute atomic E-state index is 0.0392. The summed E-state index contributed by atoms with van der Waals surface area (Å²) in [7, 11) is -5.33. The molecule has 24 heavy (non-hydrogen) atoms. The van der Waals surface area contributed by atoms with Crippen LogP contribution in [-0.4, -0.2) is 40.0 Å². The third-order valence-electron chi connectivity index (χ3n) is 4.50. The van der Waals surface area contributed by atoms with Gasteiger partial charge in [-0.25, -0.2) is 0 Å². The molecule has 0 aromatic heterocycles. The normalized spacial score (nSPS) is 17.0. The van der Waals surface area contributed by atoms with Crippen LogP contribution in [-0.2, 0) is 20.2 Å². The molecule has 1 aliphatic rings. The number of benzene rings is 2. The van der Waals surface area contributed by atoms with Crippen LogP contribution >= 0.6 is 0 Å². The second kappa shape index (κ2) is 4.87. The van der Waals surface area contributed by atoms with Crippen LogP contribution in [0.2, 0.25) is 0 Å². The standard InChI is InChI=1S/C15H15NO6S2/c1-9-6-12-11-5-4-10(23(17,18)19)7-13(11)15(24(20,21)22)8-14(12)16(9,2)3/h4-8H,1-3H3,(H-,17,18,19,20,21,22)/p+1. The van der Waals surface area contributed by atoms with E-state index in [9.17, 15) is 25.9 Å². The predicted octanol–water partition coefficient (Wildman–Crippen LogP) is 2.27. The van der Waals surface area contributed by atoms with Gasteiger partial charge in [-0.2, -0.15) is 16.8 Å². The van der Waals surface area contributed by atoms with E-state index >= 15 is 0 Å². The van der Waals surface area contributed by atoms with Gasteiger partial charge >= 0.3 is 0 Å². The number of hydrogen-bond donors (Lipinski definition) is 2. The van der Waals surface area contributed by atoms with E-state index < -0.39 is 30.0 Å². The number of rotatable bonds is 2. The number of quaternary nitrogens is 1. The number of fused-ring (bicyclic) bond motifs is 3.